The SMILES string of the molecule is CCCCCCCCCCOc1ccc(-c2nnc(-c3ccc(N=Cc4ccc(C=Nc5ccc(-c6nnc(-c7ccc(OCCCCCCCCCC)c(OCCCCCCCCCC)c7)s6)cc5)cc4)cc3)s2)cc1OCCCCCCCCCC. The predicted octanol–water partition coefficient (Wildman–Crippen LogP) is 23.6. The monoisotopic (exact) mass is 1230 g/mol. The Morgan fingerprint density at radius 2 is 0.534 bits per heavy atom. The molecular formula is C76H104N6O4S2. The highest BCUT2D eigenvalue weighted by Gasteiger charge is 2.16. The lowest BCUT2D eigenvalue weighted by Gasteiger charge is -2.14. The van der Waals surface area contributed by atoms with Gasteiger partial charge in [0.2, 0.25) is 0 Å². The Bertz CT molecular complexity index is 2810. The highest BCUT2D eigenvalue weighted by molar-refractivity contribution is 7.18. The Hall–Kier alpha value is -6.24. The predicted molar refractivity (Wildman–Crippen MR) is 375 cm³/mol. The summed E-state index contributed by atoms with van der Waals surface area (Å²) in [5, 5.41) is 21.9. The molecule has 0 fully saturated rings. The number of ether oxygens (including phenoxy) is 4. The number of rotatable bonds is 48. The molecule has 0 spiro atoms. The van der Waals surface area contributed by atoms with Gasteiger partial charge in [-0.3, -0.25) is 9.98 Å². The third kappa shape index (κ3) is 26.1. The van der Waals surface area contributed by atoms with Gasteiger partial charge < -0.3 is 18.9 Å². The average molecular weight is 1230 g/mol. The molecule has 0 bridgehead atoms. The van der Waals surface area contributed by atoms with Crippen molar-refractivity contribution >= 4 is 46.5 Å². The number of hydrogen-bond donors (Lipinski definition) is 0. The molecule has 12 heteroatoms. The number of nitrogens with zero attached hydrogens (tertiary/aromatic N) is 6. The number of aliphatic imine (C=N–C) groups is 2. The normalized spacial score (nSPS) is 11.6. The zero-order valence-corrected chi connectivity index (χ0v) is 55.8. The largest absolute Gasteiger partial charge is 0.490 e. The van der Waals surface area contributed by atoms with Crippen LogP contribution in [-0.2, 0) is 0 Å². The van der Waals surface area contributed by atoms with E-state index in [0.29, 0.717) is 26.4 Å². The van der Waals surface area contributed by atoms with Crippen LogP contribution in [-0.4, -0.2) is 59.3 Å². The minimum atomic E-state index is 0.680. The molecule has 2 heterocycles. The second-order valence-electron chi connectivity index (χ2n) is 23.7. The number of aromatic nitrogens is 4. The molecule has 0 aliphatic heterocycles. The molecule has 0 atom stereocenters. The first kappa shape index (κ1) is 69.2. The van der Waals surface area contributed by atoms with E-state index >= 15 is 0 Å². The van der Waals surface area contributed by atoms with Gasteiger partial charge in [-0.1, -0.05) is 254 Å². The van der Waals surface area contributed by atoms with Gasteiger partial charge in [0, 0.05) is 34.7 Å². The van der Waals surface area contributed by atoms with Gasteiger partial charge in [-0.05, 0) is 122 Å². The zero-order chi connectivity index (χ0) is 61.3. The summed E-state index contributed by atoms with van der Waals surface area (Å²) in [5.74, 6) is 3.21. The summed E-state index contributed by atoms with van der Waals surface area (Å²) in [5.41, 5.74) is 7.70. The molecule has 0 amide bonds. The molecule has 2 aromatic heterocycles. The molecule has 0 aliphatic carbocycles. The Balaban J connectivity index is 0.884. The van der Waals surface area contributed by atoms with Crippen molar-refractivity contribution in [3.8, 4) is 65.3 Å². The molecule has 0 saturated carbocycles. The van der Waals surface area contributed by atoms with Crippen molar-refractivity contribution in [3.05, 3.63) is 120 Å². The van der Waals surface area contributed by atoms with Crippen LogP contribution < -0.4 is 18.9 Å². The van der Waals surface area contributed by atoms with Crippen LogP contribution in [0.1, 0.15) is 244 Å². The molecule has 88 heavy (non-hydrogen) atoms. The zero-order valence-electron chi connectivity index (χ0n) is 54.1. The maximum Gasteiger partial charge on any atom is 0.161 e. The van der Waals surface area contributed by atoms with E-state index in [2.05, 4.69) is 121 Å². The fraction of sp³-hybridized carbons (Fsp3) is 0.526. The van der Waals surface area contributed by atoms with Gasteiger partial charge in [0.05, 0.1) is 37.8 Å². The Morgan fingerprint density at radius 1 is 0.284 bits per heavy atom. The van der Waals surface area contributed by atoms with Crippen LogP contribution >= 0.6 is 22.7 Å². The molecule has 5 aromatic carbocycles. The van der Waals surface area contributed by atoms with Crippen molar-refractivity contribution in [3.63, 3.8) is 0 Å². The van der Waals surface area contributed by atoms with Crippen molar-refractivity contribution in [1.29, 1.82) is 0 Å². The summed E-state index contributed by atoms with van der Waals surface area (Å²) in [6, 6.07) is 37.0. The first-order valence-corrected chi connectivity index (χ1v) is 36.0. The van der Waals surface area contributed by atoms with Crippen molar-refractivity contribution in [1.82, 2.24) is 20.4 Å². The summed E-state index contributed by atoms with van der Waals surface area (Å²) in [6.45, 7) is 11.9. The lowest BCUT2D eigenvalue weighted by Crippen LogP contribution is -2.03. The first-order chi connectivity index (χ1) is 43.5. The molecule has 7 aromatic rings. The van der Waals surface area contributed by atoms with Crippen molar-refractivity contribution in [2.24, 2.45) is 9.98 Å². The maximum absolute atomic E-state index is 6.44. The average Bonchev–Trinajstić information content (AvgIpc) is 3.78. The van der Waals surface area contributed by atoms with Crippen LogP contribution in [0.4, 0.5) is 11.4 Å². The van der Waals surface area contributed by atoms with Crippen molar-refractivity contribution in [2.75, 3.05) is 26.4 Å². The second kappa shape index (κ2) is 42.6. The van der Waals surface area contributed by atoms with E-state index in [-0.39, 0.29) is 0 Å². The lowest BCUT2D eigenvalue weighted by molar-refractivity contribution is 0.258. The van der Waals surface area contributed by atoms with Crippen LogP contribution in [0.5, 0.6) is 23.0 Å². The second-order valence-corrected chi connectivity index (χ2v) is 25.7. The van der Waals surface area contributed by atoms with Gasteiger partial charge in [0.15, 0.2) is 23.0 Å². The van der Waals surface area contributed by atoms with E-state index in [9.17, 15) is 0 Å². The number of unbranched alkanes of at least 4 members (excludes halogenated alkanes) is 28. The summed E-state index contributed by atoms with van der Waals surface area (Å²) in [6.07, 6.45) is 44.4. The van der Waals surface area contributed by atoms with E-state index < -0.39 is 0 Å². The highest BCUT2D eigenvalue weighted by atomic mass is 32.1. The number of hydrogen-bond acceptors (Lipinski definition) is 12. The maximum atomic E-state index is 6.44. The van der Waals surface area contributed by atoms with Crippen LogP contribution in [0, 0.1) is 0 Å². The van der Waals surface area contributed by atoms with E-state index in [1.807, 2.05) is 48.8 Å². The van der Waals surface area contributed by atoms with Gasteiger partial charge >= 0.3 is 0 Å². The third-order valence-electron chi connectivity index (χ3n) is 16.1. The number of benzene rings is 5. The molecule has 0 radical (unpaired) electrons. The molecule has 0 N–H and O–H groups in total. The van der Waals surface area contributed by atoms with Gasteiger partial charge in [0.25, 0.3) is 0 Å². The van der Waals surface area contributed by atoms with Gasteiger partial charge in [-0.15, -0.1) is 20.4 Å². The van der Waals surface area contributed by atoms with E-state index in [1.165, 1.54) is 180 Å². The Morgan fingerprint density at radius 3 is 0.830 bits per heavy atom. The standard InChI is InChI=1S/C76H104N6O4S2/c1-5-9-13-17-21-25-29-33-53-83-69-51-45-65(57-71(69)85-55-35-31-27-23-19-15-11-7-3)75-81-79-73(87-75)63-41-47-67(48-42-63)77-59-61-37-39-62(40-38-61)60-78-68-49-43-64(44-50-68)74-80-82-76(88-74)66-46-52-70(84-54-34-30-26-22-18-14-10-6-2)72(58-66)86-56-36-32-28-24-20-16-12-8-4/h37-52,57-60H,5-36,53-56H2,1-4H3. The fourth-order valence-corrected chi connectivity index (χ4v) is 12.4. The molecular weight excluding hydrogens is 1130 g/mol. The molecule has 10 nitrogen and oxygen atoms in total. The van der Waals surface area contributed by atoms with Crippen LogP contribution in [0.3, 0.4) is 0 Å². The first-order valence-electron chi connectivity index (χ1n) is 34.4. The molecule has 0 unspecified atom stereocenters. The van der Waals surface area contributed by atoms with E-state index in [1.54, 1.807) is 22.7 Å². The summed E-state index contributed by atoms with van der Waals surface area (Å²) < 4.78 is 25.6. The van der Waals surface area contributed by atoms with E-state index in [0.717, 1.165) is 113 Å². The van der Waals surface area contributed by atoms with Crippen molar-refractivity contribution < 1.29 is 18.9 Å². The van der Waals surface area contributed by atoms with Gasteiger partial charge in [-0.2, -0.15) is 0 Å². The van der Waals surface area contributed by atoms with Crippen LogP contribution in [0.2, 0.25) is 0 Å². The lowest BCUT2D eigenvalue weighted by atomic mass is 10.1. The van der Waals surface area contributed by atoms with Crippen LogP contribution in [0.15, 0.2) is 119 Å². The molecule has 7 rings (SSSR count). The van der Waals surface area contributed by atoms with Gasteiger partial charge in [0.1, 0.15) is 20.0 Å². The minimum absolute atomic E-state index is 0.680. The smallest absolute Gasteiger partial charge is 0.161 e. The summed E-state index contributed by atoms with van der Waals surface area (Å²) in [4.78, 5) is 9.57. The Kier molecular flexibility index (Phi) is 33.6. The molecule has 0 saturated heterocycles. The minimum Gasteiger partial charge on any atom is -0.490 e. The summed E-state index contributed by atoms with van der Waals surface area (Å²) >= 11 is 3.16. The van der Waals surface area contributed by atoms with Gasteiger partial charge in [-0.25, -0.2) is 0 Å². The quantitative estimate of drug-likeness (QED) is 0.0274. The Labute approximate surface area is 537 Å². The fourth-order valence-electron chi connectivity index (χ4n) is 10.7. The molecule has 474 valence electrons. The topological polar surface area (TPSA) is 113 Å². The van der Waals surface area contributed by atoms with E-state index in [4.69, 9.17) is 28.9 Å². The molecule has 0 aliphatic rings. The van der Waals surface area contributed by atoms with Crippen molar-refractivity contribution in [2.45, 2.75) is 233 Å². The third-order valence-corrected chi connectivity index (χ3v) is 18.2. The summed E-state index contributed by atoms with van der Waals surface area (Å²) in [7, 11) is 0. The van der Waals surface area contributed by atoms with Crippen LogP contribution in [0.25, 0.3) is 42.3 Å². The highest BCUT2D eigenvalue weighted by Crippen LogP contribution is 2.39.